The van der Waals surface area contributed by atoms with Crippen LogP contribution in [0.5, 0.6) is 0 Å². The standard InChI is InChI=1S/C22H16N4O3S2/c27-19(14-4-1-7-17(12-14)25-21(29)18-8-3-10-30-18)24-16-6-2-5-15(13-16)20(28)26-22-23-9-11-31-22/h1-13H,(H,24,27)(H,25,29)(H,23,26,28). The number of anilines is 3. The Labute approximate surface area is 185 Å². The smallest absolute Gasteiger partial charge is 0.265 e. The molecule has 4 rings (SSSR count). The highest BCUT2D eigenvalue weighted by Crippen LogP contribution is 2.18. The molecule has 4 aromatic rings. The Morgan fingerprint density at radius 3 is 1.90 bits per heavy atom. The van der Waals surface area contributed by atoms with Crippen molar-refractivity contribution in [2.45, 2.75) is 0 Å². The van der Waals surface area contributed by atoms with E-state index in [0.717, 1.165) is 0 Å². The predicted octanol–water partition coefficient (Wildman–Crippen LogP) is 4.96. The number of rotatable bonds is 6. The number of thiazole rings is 1. The predicted molar refractivity (Wildman–Crippen MR) is 123 cm³/mol. The van der Waals surface area contributed by atoms with E-state index in [1.54, 1.807) is 72.2 Å². The van der Waals surface area contributed by atoms with Crippen molar-refractivity contribution in [3.05, 3.63) is 93.6 Å². The second-order valence-corrected chi connectivity index (χ2v) is 8.18. The summed E-state index contributed by atoms with van der Waals surface area (Å²) >= 11 is 2.66. The Kier molecular flexibility index (Phi) is 6.16. The van der Waals surface area contributed by atoms with Crippen molar-refractivity contribution in [3.8, 4) is 0 Å². The van der Waals surface area contributed by atoms with E-state index in [4.69, 9.17) is 0 Å². The molecule has 0 saturated heterocycles. The molecular formula is C22H16N4O3S2. The van der Waals surface area contributed by atoms with Gasteiger partial charge in [-0.25, -0.2) is 4.98 Å². The number of nitrogens with zero attached hydrogens (tertiary/aromatic N) is 1. The number of hydrogen-bond donors (Lipinski definition) is 3. The van der Waals surface area contributed by atoms with Gasteiger partial charge in [-0.1, -0.05) is 18.2 Å². The van der Waals surface area contributed by atoms with Crippen LogP contribution in [0.1, 0.15) is 30.4 Å². The largest absolute Gasteiger partial charge is 0.322 e. The lowest BCUT2D eigenvalue weighted by molar-refractivity contribution is 0.101. The number of benzene rings is 2. The number of carbonyl (C=O) groups is 3. The highest BCUT2D eigenvalue weighted by atomic mass is 32.1. The van der Waals surface area contributed by atoms with Crippen LogP contribution in [0.2, 0.25) is 0 Å². The van der Waals surface area contributed by atoms with E-state index in [-0.39, 0.29) is 17.7 Å². The molecule has 0 aliphatic carbocycles. The van der Waals surface area contributed by atoms with Crippen LogP contribution in [0.25, 0.3) is 0 Å². The summed E-state index contributed by atoms with van der Waals surface area (Å²) in [4.78, 5) is 41.9. The molecule has 3 N–H and O–H groups in total. The molecule has 0 aliphatic heterocycles. The molecule has 0 atom stereocenters. The highest BCUT2D eigenvalue weighted by Gasteiger charge is 2.12. The van der Waals surface area contributed by atoms with Crippen LogP contribution in [0.3, 0.4) is 0 Å². The molecule has 2 aromatic carbocycles. The monoisotopic (exact) mass is 448 g/mol. The molecule has 0 unspecified atom stereocenters. The first-order valence-electron chi connectivity index (χ1n) is 9.16. The average molecular weight is 449 g/mol. The number of nitrogens with one attached hydrogen (secondary N) is 3. The van der Waals surface area contributed by atoms with E-state index in [2.05, 4.69) is 20.9 Å². The van der Waals surface area contributed by atoms with E-state index in [1.807, 2.05) is 5.38 Å². The van der Waals surface area contributed by atoms with Gasteiger partial charge in [0, 0.05) is 34.1 Å². The topological polar surface area (TPSA) is 100 Å². The minimum atomic E-state index is -0.357. The summed E-state index contributed by atoms with van der Waals surface area (Å²) in [5, 5.41) is 12.4. The fourth-order valence-electron chi connectivity index (χ4n) is 2.73. The zero-order chi connectivity index (χ0) is 21.6. The third-order valence-electron chi connectivity index (χ3n) is 4.16. The van der Waals surface area contributed by atoms with Gasteiger partial charge in [-0.05, 0) is 47.8 Å². The van der Waals surface area contributed by atoms with Crippen LogP contribution in [-0.4, -0.2) is 22.7 Å². The van der Waals surface area contributed by atoms with Gasteiger partial charge in [-0.2, -0.15) is 0 Å². The SMILES string of the molecule is O=C(Nc1cccc(C(=O)Nc2nccs2)c1)c1cccc(NC(=O)c2cccs2)c1. The van der Waals surface area contributed by atoms with Gasteiger partial charge in [0.25, 0.3) is 17.7 Å². The van der Waals surface area contributed by atoms with Gasteiger partial charge in [0.05, 0.1) is 4.88 Å². The first-order valence-corrected chi connectivity index (χ1v) is 10.9. The fraction of sp³-hybridized carbons (Fsp3) is 0. The Morgan fingerprint density at radius 2 is 1.32 bits per heavy atom. The molecule has 9 heteroatoms. The minimum Gasteiger partial charge on any atom is -0.322 e. The number of amides is 3. The zero-order valence-corrected chi connectivity index (χ0v) is 17.6. The summed E-state index contributed by atoms with van der Waals surface area (Å²) in [5.41, 5.74) is 1.76. The van der Waals surface area contributed by atoms with Crippen LogP contribution in [0, 0.1) is 0 Å². The average Bonchev–Trinajstić information content (AvgIpc) is 3.48. The number of carbonyl (C=O) groups excluding carboxylic acids is 3. The number of aromatic nitrogens is 1. The van der Waals surface area contributed by atoms with Crippen LogP contribution < -0.4 is 16.0 Å². The van der Waals surface area contributed by atoms with Crippen molar-refractivity contribution in [1.29, 1.82) is 0 Å². The van der Waals surface area contributed by atoms with E-state index >= 15 is 0 Å². The van der Waals surface area contributed by atoms with Crippen LogP contribution in [-0.2, 0) is 0 Å². The van der Waals surface area contributed by atoms with Crippen molar-refractivity contribution >= 4 is 56.9 Å². The molecule has 2 aromatic heterocycles. The van der Waals surface area contributed by atoms with Crippen molar-refractivity contribution in [3.63, 3.8) is 0 Å². The normalized spacial score (nSPS) is 10.3. The molecule has 154 valence electrons. The molecule has 0 saturated carbocycles. The molecule has 7 nitrogen and oxygen atoms in total. The second-order valence-electron chi connectivity index (χ2n) is 6.34. The maximum absolute atomic E-state index is 12.7. The van der Waals surface area contributed by atoms with Gasteiger partial charge in [-0.3, -0.25) is 19.7 Å². The van der Waals surface area contributed by atoms with Crippen molar-refractivity contribution in [2.75, 3.05) is 16.0 Å². The molecule has 0 fully saturated rings. The molecule has 2 heterocycles. The van der Waals surface area contributed by atoms with Gasteiger partial charge in [0.15, 0.2) is 5.13 Å². The fourth-order valence-corrected chi connectivity index (χ4v) is 3.88. The Balaban J connectivity index is 1.43. The first kappa shape index (κ1) is 20.5. The minimum absolute atomic E-state index is 0.230. The van der Waals surface area contributed by atoms with Crippen molar-refractivity contribution in [2.24, 2.45) is 0 Å². The third-order valence-corrected chi connectivity index (χ3v) is 5.72. The van der Waals surface area contributed by atoms with E-state index in [1.165, 1.54) is 22.7 Å². The first-order chi connectivity index (χ1) is 15.1. The Hall–Kier alpha value is -3.82. The lowest BCUT2D eigenvalue weighted by atomic mass is 10.1. The third kappa shape index (κ3) is 5.21. The van der Waals surface area contributed by atoms with Gasteiger partial charge < -0.3 is 10.6 Å². The summed E-state index contributed by atoms with van der Waals surface area (Å²) in [6.45, 7) is 0. The lowest BCUT2D eigenvalue weighted by Gasteiger charge is -2.09. The van der Waals surface area contributed by atoms with E-state index in [0.29, 0.717) is 32.5 Å². The molecule has 3 amide bonds. The Bertz CT molecular complexity index is 1220. The summed E-state index contributed by atoms with van der Waals surface area (Å²) in [5.74, 6) is -0.902. The number of thiophene rings is 1. The summed E-state index contributed by atoms with van der Waals surface area (Å²) in [6.07, 6.45) is 1.61. The van der Waals surface area contributed by atoms with Crippen LogP contribution in [0.4, 0.5) is 16.5 Å². The van der Waals surface area contributed by atoms with Crippen molar-refractivity contribution < 1.29 is 14.4 Å². The van der Waals surface area contributed by atoms with Crippen LogP contribution >= 0.6 is 22.7 Å². The molecule has 31 heavy (non-hydrogen) atoms. The maximum Gasteiger partial charge on any atom is 0.265 e. The molecule has 0 bridgehead atoms. The molecule has 0 spiro atoms. The van der Waals surface area contributed by atoms with Gasteiger partial charge in [0.2, 0.25) is 0 Å². The molecular weight excluding hydrogens is 432 g/mol. The molecule has 0 radical (unpaired) electrons. The maximum atomic E-state index is 12.7. The summed E-state index contributed by atoms with van der Waals surface area (Å²) in [6, 6.07) is 16.8. The van der Waals surface area contributed by atoms with E-state index in [9.17, 15) is 14.4 Å². The van der Waals surface area contributed by atoms with Gasteiger partial charge in [0.1, 0.15) is 0 Å². The Morgan fingerprint density at radius 1 is 0.677 bits per heavy atom. The van der Waals surface area contributed by atoms with Crippen molar-refractivity contribution in [1.82, 2.24) is 4.98 Å². The molecule has 0 aliphatic rings. The van der Waals surface area contributed by atoms with Crippen LogP contribution in [0.15, 0.2) is 77.6 Å². The van der Waals surface area contributed by atoms with Gasteiger partial charge >= 0.3 is 0 Å². The summed E-state index contributed by atoms with van der Waals surface area (Å²) < 4.78 is 0. The lowest BCUT2D eigenvalue weighted by Crippen LogP contribution is -2.15. The zero-order valence-electron chi connectivity index (χ0n) is 16.0. The van der Waals surface area contributed by atoms with E-state index < -0.39 is 0 Å². The quantitative estimate of drug-likeness (QED) is 0.388. The highest BCUT2D eigenvalue weighted by molar-refractivity contribution is 7.13. The van der Waals surface area contributed by atoms with Gasteiger partial charge in [-0.15, -0.1) is 22.7 Å². The summed E-state index contributed by atoms with van der Waals surface area (Å²) in [7, 11) is 0. The number of hydrogen-bond acceptors (Lipinski definition) is 6. The second kappa shape index (κ2) is 9.33.